The van der Waals surface area contributed by atoms with Crippen LogP contribution in [0.4, 0.5) is 16.0 Å². The summed E-state index contributed by atoms with van der Waals surface area (Å²) in [5.74, 6) is 1.93. The van der Waals surface area contributed by atoms with Crippen LogP contribution in [-0.2, 0) is 0 Å². The van der Waals surface area contributed by atoms with Crippen molar-refractivity contribution in [3.63, 3.8) is 0 Å². The Hall–Kier alpha value is -2.50. The fourth-order valence-electron chi connectivity index (χ4n) is 2.64. The number of anilines is 2. The summed E-state index contributed by atoms with van der Waals surface area (Å²) in [4.78, 5) is 11.1. The fraction of sp³-hybridized carbons (Fsp3) is 0.353. The molecule has 120 valence electrons. The van der Waals surface area contributed by atoms with Gasteiger partial charge in [-0.3, -0.25) is 5.43 Å². The van der Waals surface area contributed by atoms with Gasteiger partial charge in [0.1, 0.15) is 17.5 Å². The lowest BCUT2D eigenvalue weighted by atomic mass is 10.1. The molecule has 1 N–H and O–H groups in total. The van der Waals surface area contributed by atoms with E-state index in [-0.39, 0.29) is 5.82 Å². The lowest BCUT2D eigenvalue weighted by Gasteiger charge is -2.27. The van der Waals surface area contributed by atoms with Crippen molar-refractivity contribution >= 4 is 17.9 Å². The highest BCUT2D eigenvalue weighted by Gasteiger charge is 2.13. The molecule has 5 nitrogen and oxygen atoms in total. The number of hydrogen-bond acceptors (Lipinski definition) is 5. The number of piperidine rings is 1. The van der Waals surface area contributed by atoms with Crippen LogP contribution in [0.25, 0.3) is 0 Å². The number of nitrogens with one attached hydrogen (secondary N) is 1. The van der Waals surface area contributed by atoms with Gasteiger partial charge in [0.15, 0.2) is 5.82 Å². The van der Waals surface area contributed by atoms with Gasteiger partial charge in [-0.25, -0.2) is 14.4 Å². The van der Waals surface area contributed by atoms with Gasteiger partial charge >= 0.3 is 0 Å². The number of aryl methyl sites for hydroxylation is 1. The molecule has 1 fully saturated rings. The molecule has 0 spiro atoms. The van der Waals surface area contributed by atoms with Crippen LogP contribution < -0.4 is 10.3 Å². The molecule has 0 radical (unpaired) electrons. The molecule has 1 aliphatic heterocycles. The Balaban J connectivity index is 1.72. The number of nitrogens with zero attached hydrogens (tertiary/aromatic N) is 4. The number of rotatable bonds is 4. The van der Waals surface area contributed by atoms with Gasteiger partial charge in [0, 0.05) is 24.7 Å². The normalized spacial score (nSPS) is 15.1. The van der Waals surface area contributed by atoms with Crippen LogP contribution in [-0.4, -0.2) is 29.3 Å². The zero-order chi connectivity index (χ0) is 16.1. The zero-order valence-electron chi connectivity index (χ0n) is 13.2. The number of benzene rings is 1. The molecule has 2 aromatic rings. The molecule has 0 atom stereocenters. The lowest BCUT2D eigenvalue weighted by Crippen LogP contribution is -2.30. The highest BCUT2D eigenvalue weighted by Crippen LogP contribution is 2.20. The average molecular weight is 313 g/mol. The molecule has 0 saturated carbocycles. The number of hydrazone groups is 1. The maximum atomic E-state index is 13.5. The van der Waals surface area contributed by atoms with Crippen molar-refractivity contribution in [1.29, 1.82) is 0 Å². The number of hydrogen-bond donors (Lipinski definition) is 1. The summed E-state index contributed by atoms with van der Waals surface area (Å²) < 4.78 is 13.5. The molecular formula is C17H20FN5. The second kappa shape index (κ2) is 7.17. The van der Waals surface area contributed by atoms with E-state index in [0.717, 1.165) is 18.9 Å². The summed E-state index contributed by atoms with van der Waals surface area (Å²) in [5.41, 5.74) is 3.30. The molecule has 0 unspecified atom stereocenters. The minimum Gasteiger partial charge on any atom is -0.356 e. The Labute approximate surface area is 135 Å². The first kappa shape index (κ1) is 15.4. The smallest absolute Gasteiger partial charge is 0.152 e. The monoisotopic (exact) mass is 313 g/mol. The van der Waals surface area contributed by atoms with E-state index in [2.05, 4.69) is 25.4 Å². The molecule has 3 rings (SSSR count). The number of halogens is 1. The second-order valence-corrected chi connectivity index (χ2v) is 5.60. The maximum Gasteiger partial charge on any atom is 0.152 e. The van der Waals surface area contributed by atoms with Crippen LogP contribution in [0.15, 0.2) is 35.4 Å². The minimum absolute atomic E-state index is 0.300. The molecule has 1 saturated heterocycles. The molecule has 0 aliphatic carbocycles. The van der Waals surface area contributed by atoms with E-state index in [1.807, 2.05) is 13.0 Å². The van der Waals surface area contributed by atoms with Crippen molar-refractivity contribution < 1.29 is 4.39 Å². The van der Waals surface area contributed by atoms with E-state index >= 15 is 0 Å². The largest absolute Gasteiger partial charge is 0.356 e. The molecule has 1 aromatic carbocycles. The standard InChI is InChI=1S/C17H20FN5/c1-13-20-16(11-17(21-13)23-9-5-2-6-10-23)22-19-12-14-7-3-4-8-15(14)18/h3-4,7-8,11-12H,2,5-6,9-10H2,1H3,(H,20,21,22). The van der Waals surface area contributed by atoms with Crippen molar-refractivity contribution in [2.24, 2.45) is 5.10 Å². The third-order valence-electron chi connectivity index (χ3n) is 3.79. The van der Waals surface area contributed by atoms with Gasteiger partial charge in [-0.05, 0) is 32.3 Å². The summed E-state index contributed by atoms with van der Waals surface area (Å²) in [7, 11) is 0. The Kier molecular flexibility index (Phi) is 4.80. The summed E-state index contributed by atoms with van der Waals surface area (Å²) in [6.45, 7) is 3.90. The quantitative estimate of drug-likeness (QED) is 0.694. The fourth-order valence-corrected chi connectivity index (χ4v) is 2.64. The van der Waals surface area contributed by atoms with Gasteiger partial charge < -0.3 is 4.90 Å². The zero-order valence-corrected chi connectivity index (χ0v) is 13.2. The predicted octanol–water partition coefficient (Wildman–Crippen LogP) is 3.36. The van der Waals surface area contributed by atoms with E-state index in [1.165, 1.54) is 31.5 Å². The van der Waals surface area contributed by atoms with Gasteiger partial charge in [-0.1, -0.05) is 18.2 Å². The maximum absolute atomic E-state index is 13.5. The Morgan fingerprint density at radius 1 is 1.17 bits per heavy atom. The van der Waals surface area contributed by atoms with E-state index in [1.54, 1.807) is 18.2 Å². The van der Waals surface area contributed by atoms with E-state index in [4.69, 9.17) is 0 Å². The van der Waals surface area contributed by atoms with Crippen LogP contribution in [0.3, 0.4) is 0 Å². The van der Waals surface area contributed by atoms with Crippen LogP contribution >= 0.6 is 0 Å². The predicted molar refractivity (Wildman–Crippen MR) is 90.4 cm³/mol. The Bertz CT molecular complexity index is 695. The lowest BCUT2D eigenvalue weighted by molar-refractivity contribution is 0.572. The van der Waals surface area contributed by atoms with Crippen molar-refractivity contribution in [3.05, 3.63) is 47.5 Å². The third kappa shape index (κ3) is 4.03. The molecule has 6 heteroatoms. The van der Waals surface area contributed by atoms with Crippen LogP contribution in [0, 0.1) is 12.7 Å². The van der Waals surface area contributed by atoms with Gasteiger partial charge in [-0.15, -0.1) is 0 Å². The van der Waals surface area contributed by atoms with Gasteiger partial charge in [0.05, 0.1) is 6.21 Å². The van der Waals surface area contributed by atoms with Crippen molar-refractivity contribution in [1.82, 2.24) is 9.97 Å². The SMILES string of the molecule is Cc1nc(NN=Cc2ccccc2F)cc(N2CCCCC2)n1. The molecule has 1 aliphatic rings. The van der Waals surface area contributed by atoms with Crippen molar-refractivity contribution in [2.45, 2.75) is 26.2 Å². The highest BCUT2D eigenvalue weighted by atomic mass is 19.1. The van der Waals surface area contributed by atoms with E-state index < -0.39 is 0 Å². The Morgan fingerprint density at radius 2 is 1.96 bits per heavy atom. The molecule has 23 heavy (non-hydrogen) atoms. The molecule has 0 amide bonds. The summed E-state index contributed by atoms with van der Waals surface area (Å²) in [5, 5.41) is 4.08. The number of aromatic nitrogens is 2. The van der Waals surface area contributed by atoms with Crippen LogP contribution in [0.1, 0.15) is 30.7 Å². The Morgan fingerprint density at radius 3 is 2.74 bits per heavy atom. The molecule has 1 aromatic heterocycles. The van der Waals surface area contributed by atoms with E-state index in [9.17, 15) is 4.39 Å². The molecular weight excluding hydrogens is 293 g/mol. The van der Waals surface area contributed by atoms with Gasteiger partial charge in [0.25, 0.3) is 0 Å². The average Bonchev–Trinajstić information content (AvgIpc) is 2.57. The first-order chi connectivity index (χ1) is 11.2. The summed E-state index contributed by atoms with van der Waals surface area (Å²) in [6.07, 6.45) is 5.11. The third-order valence-corrected chi connectivity index (χ3v) is 3.79. The minimum atomic E-state index is -0.300. The molecule has 0 bridgehead atoms. The summed E-state index contributed by atoms with van der Waals surface area (Å²) in [6, 6.07) is 8.39. The molecule has 2 heterocycles. The second-order valence-electron chi connectivity index (χ2n) is 5.60. The van der Waals surface area contributed by atoms with E-state index in [0.29, 0.717) is 17.2 Å². The topological polar surface area (TPSA) is 53.4 Å². The first-order valence-corrected chi connectivity index (χ1v) is 7.86. The van der Waals surface area contributed by atoms with Crippen LogP contribution in [0.5, 0.6) is 0 Å². The van der Waals surface area contributed by atoms with Crippen molar-refractivity contribution in [3.8, 4) is 0 Å². The highest BCUT2D eigenvalue weighted by molar-refractivity contribution is 5.80. The van der Waals surface area contributed by atoms with Crippen molar-refractivity contribution in [2.75, 3.05) is 23.4 Å². The van der Waals surface area contributed by atoms with Gasteiger partial charge in [-0.2, -0.15) is 5.10 Å². The van der Waals surface area contributed by atoms with Crippen LogP contribution in [0.2, 0.25) is 0 Å². The van der Waals surface area contributed by atoms with Gasteiger partial charge in [0.2, 0.25) is 0 Å². The summed E-state index contributed by atoms with van der Waals surface area (Å²) >= 11 is 0. The first-order valence-electron chi connectivity index (χ1n) is 7.86.